The minimum atomic E-state index is 0.0738. The van der Waals surface area contributed by atoms with Crippen LogP contribution in [0.3, 0.4) is 0 Å². The number of hydrogen-bond acceptors (Lipinski definition) is 2. The van der Waals surface area contributed by atoms with Gasteiger partial charge in [0.05, 0.1) is 29.1 Å². The number of benzene rings is 2. The highest BCUT2D eigenvalue weighted by atomic mass is 15.3. The molecule has 1 heterocycles. The lowest BCUT2D eigenvalue weighted by Gasteiger charge is -2.36. The molecule has 3 heteroatoms. The van der Waals surface area contributed by atoms with Crippen molar-refractivity contribution >= 4 is 0 Å². The van der Waals surface area contributed by atoms with E-state index in [1.807, 2.05) is 18.2 Å². The second kappa shape index (κ2) is 8.76. The van der Waals surface area contributed by atoms with Crippen LogP contribution in [0, 0.1) is 32.1 Å². The molecule has 0 saturated heterocycles. The summed E-state index contributed by atoms with van der Waals surface area (Å²) in [6.45, 7) is 19.2. The molecule has 0 bridgehead atoms. The van der Waals surface area contributed by atoms with Crippen LogP contribution in [0.5, 0.6) is 0 Å². The Morgan fingerprint density at radius 3 is 2.50 bits per heavy atom. The van der Waals surface area contributed by atoms with Gasteiger partial charge in [0.25, 0.3) is 0 Å². The van der Waals surface area contributed by atoms with E-state index in [0.29, 0.717) is 5.56 Å². The number of aromatic nitrogens is 2. The maximum absolute atomic E-state index is 9.39. The third-order valence-electron chi connectivity index (χ3n) is 7.64. The first-order valence-corrected chi connectivity index (χ1v) is 12.2. The number of hydrogen-bond donors (Lipinski definition) is 0. The van der Waals surface area contributed by atoms with Crippen LogP contribution in [0.4, 0.5) is 0 Å². The summed E-state index contributed by atoms with van der Waals surface area (Å²) in [5.74, 6) is 0. The van der Waals surface area contributed by atoms with Gasteiger partial charge in [0, 0.05) is 11.1 Å². The van der Waals surface area contributed by atoms with Gasteiger partial charge < -0.3 is 0 Å². The standard InChI is InChI=1S/C31H35N3/c1-9-19(3)13-22(6)34-30-26-16-25(29-20(4)14-24(18-32)15-21(29)5)11-12-28(26)31(8,10-2)17-27(30)23(7)33-34/h9,11-16,22H,1,10,17H2,2-8H3/b19-13-. The van der Waals surface area contributed by atoms with E-state index in [-0.39, 0.29) is 11.5 Å². The summed E-state index contributed by atoms with van der Waals surface area (Å²) < 4.78 is 2.20. The van der Waals surface area contributed by atoms with Crippen molar-refractivity contribution in [1.29, 1.82) is 5.26 Å². The van der Waals surface area contributed by atoms with Crippen molar-refractivity contribution in [3.63, 3.8) is 0 Å². The summed E-state index contributed by atoms with van der Waals surface area (Å²) >= 11 is 0. The van der Waals surface area contributed by atoms with Gasteiger partial charge in [-0.05, 0) is 98.9 Å². The van der Waals surface area contributed by atoms with E-state index in [2.05, 4.69) is 90.1 Å². The normalized spacial score (nSPS) is 18.1. The SMILES string of the molecule is C=C/C(C)=C\C(C)n1nc(C)c2c1-c1cc(-c3c(C)cc(C#N)cc3C)ccc1C(C)(CC)C2. The second-order valence-electron chi connectivity index (χ2n) is 10.2. The lowest BCUT2D eigenvalue weighted by Crippen LogP contribution is -2.29. The molecule has 0 aliphatic heterocycles. The minimum Gasteiger partial charge on any atom is -0.258 e. The minimum absolute atomic E-state index is 0.0738. The van der Waals surface area contributed by atoms with Crippen LogP contribution in [-0.2, 0) is 11.8 Å². The molecule has 1 aliphatic carbocycles. The molecule has 1 aliphatic rings. The van der Waals surface area contributed by atoms with Crippen LogP contribution in [0.25, 0.3) is 22.4 Å². The summed E-state index contributed by atoms with van der Waals surface area (Å²) in [7, 11) is 0. The summed E-state index contributed by atoms with van der Waals surface area (Å²) in [4.78, 5) is 0. The number of nitrogens with zero attached hydrogens (tertiary/aromatic N) is 3. The molecule has 0 saturated carbocycles. The Morgan fingerprint density at radius 2 is 1.91 bits per heavy atom. The van der Waals surface area contributed by atoms with Crippen molar-refractivity contribution in [2.45, 2.75) is 72.8 Å². The van der Waals surface area contributed by atoms with Crippen LogP contribution in [0.2, 0.25) is 0 Å². The molecule has 0 amide bonds. The Kier molecular flexibility index (Phi) is 6.13. The highest BCUT2D eigenvalue weighted by Crippen LogP contribution is 2.48. The number of fused-ring (bicyclic) bond motifs is 3. The van der Waals surface area contributed by atoms with Gasteiger partial charge in [-0.25, -0.2) is 0 Å². The van der Waals surface area contributed by atoms with E-state index in [1.165, 1.54) is 33.5 Å². The highest BCUT2D eigenvalue weighted by molar-refractivity contribution is 5.81. The number of aryl methyl sites for hydroxylation is 3. The Hall–Kier alpha value is -3.38. The van der Waals surface area contributed by atoms with Crippen LogP contribution in [0.15, 0.2) is 54.6 Å². The summed E-state index contributed by atoms with van der Waals surface area (Å²) in [6.07, 6.45) is 6.20. The fourth-order valence-corrected chi connectivity index (χ4v) is 5.60. The van der Waals surface area contributed by atoms with Crippen LogP contribution in [-0.4, -0.2) is 9.78 Å². The van der Waals surface area contributed by atoms with Gasteiger partial charge >= 0.3 is 0 Å². The predicted octanol–water partition coefficient (Wildman–Crippen LogP) is 7.93. The zero-order chi connectivity index (χ0) is 24.8. The van der Waals surface area contributed by atoms with E-state index in [9.17, 15) is 5.26 Å². The molecule has 0 radical (unpaired) electrons. The van der Waals surface area contributed by atoms with E-state index in [0.717, 1.165) is 35.2 Å². The Bertz CT molecular complexity index is 1340. The molecule has 3 aromatic rings. The topological polar surface area (TPSA) is 41.6 Å². The van der Waals surface area contributed by atoms with Crippen molar-refractivity contribution in [1.82, 2.24) is 9.78 Å². The lowest BCUT2D eigenvalue weighted by molar-refractivity contribution is 0.445. The molecule has 0 fully saturated rings. The molecule has 4 rings (SSSR count). The van der Waals surface area contributed by atoms with Gasteiger partial charge in [0.15, 0.2) is 0 Å². The van der Waals surface area contributed by atoms with Gasteiger partial charge in [-0.1, -0.05) is 50.3 Å². The number of rotatable bonds is 5. The molecule has 0 spiro atoms. The van der Waals surface area contributed by atoms with Crippen molar-refractivity contribution in [2.75, 3.05) is 0 Å². The second-order valence-corrected chi connectivity index (χ2v) is 10.2. The average molecular weight is 450 g/mol. The van der Waals surface area contributed by atoms with Gasteiger partial charge in [0.1, 0.15) is 0 Å². The fourth-order valence-electron chi connectivity index (χ4n) is 5.60. The quantitative estimate of drug-likeness (QED) is 0.371. The molecule has 1 aromatic heterocycles. The molecule has 2 unspecified atom stereocenters. The molecular formula is C31H35N3. The summed E-state index contributed by atoms with van der Waals surface area (Å²) in [5, 5.41) is 14.4. The van der Waals surface area contributed by atoms with E-state index in [4.69, 9.17) is 5.10 Å². The first-order valence-electron chi connectivity index (χ1n) is 12.2. The van der Waals surface area contributed by atoms with Crippen molar-refractivity contribution < 1.29 is 0 Å². The largest absolute Gasteiger partial charge is 0.258 e. The van der Waals surface area contributed by atoms with E-state index < -0.39 is 0 Å². The Balaban J connectivity index is 1.99. The Labute approximate surface area is 204 Å². The summed E-state index contributed by atoms with van der Waals surface area (Å²) in [5.41, 5.74) is 13.0. The molecule has 3 nitrogen and oxygen atoms in total. The Morgan fingerprint density at radius 1 is 1.24 bits per heavy atom. The molecule has 34 heavy (non-hydrogen) atoms. The van der Waals surface area contributed by atoms with E-state index in [1.54, 1.807) is 0 Å². The van der Waals surface area contributed by atoms with Crippen LogP contribution in [0.1, 0.15) is 73.7 Å². The van der Waals surface area contributed by atoms with Gasteiger partial charge in [-0.3, -0.25) is 4.68 Å². The van der Waals surface area contributed by atoms with Crippen molar-refractivity contribution in [3.05, 3.63) is 88.1 Å². The zero-order valence-corrected chi connectivity index (χ0v) is 21.6. The lowest BCUT2D eigenvalue weighted by atomic mass is 9.68. The van der Waals surface area contributed by atoms with Gasteiger partial charge in [-0.2, -0.15) is 10.4 Å². The molecule has 2 aromatic carbocycles. The van der Waals surface area contributed by atoms with E-state index >= 15 is 0 Å². The molecule has 174 valence electrons. The molecular weight excluding hydrogens is 414 g/mol. The first-order chi connectivity index (χ1) is 16.1. The van der Waals surface area contributed by atoms with Crippen LogP contribution >= 0.6 is 0 Å². The van der Waals surface area contributed by atoms with Gasteiger partial charge in [-0.15, -0.1) is 0 Å². The molecule has 0 N–H and O–H groups in total. The fraction of sp³-hybridized carbons (Fsp3) is 0.355. The van der Waals surface area contributed by atoms with Crippen molar-refractivity contribution in [3.8, 4) is 28.5 Å². The maximum Gasteiger partial charge on any atom is 0.0991 e. The van der Waals surface area contributed by atoms with Gasteiger partial charge in [0.2, 0.25) is 0 Å². The smallest absolute Gasteiger partial charge is 0.0991 e. The highest BCUT2D eigenvalue weighted by Gasteiger charge is 2.37. The first kappa shape index (κ1) is 23.8. The maximum atomic E-state index is 9.39. The monoisotopic (exact) mass is 449 g/mol. The molecule has 2 atom stereocenters. The third kappa shape index (κ3) is 3.82. The van der Waals surface area contributed by atoms with Crippen molar-refractivity contribution in [2.24, 2.45) is 0 Å². The van der Waals surface area contributed by atoms with Crippen LogP contribution < -0.4 is 0 Å². The number of allylic oxidation sites excluding steroid dienone is 3. The average Bonchev–Trinajstić information content (AvgIpc) is 3.14. The zero-order valence-electron chi connectivity index (χ0n) is 21.6. The number of nitriles is 1. The predicted molar refractivity (Wildman–Crippen MR) is 142 cm³/mol. The summed E-state index contributed by atoms with van der Waals surface area (Å²) in [6, 6.07) is 13.3. The third-order valence-corrected chi connectivity index (χ3v) is 7.64.